The second kappa shape index (κ2) is 3.90. The molecule has 0 saturated heterocycles. The first-order valence-corrected chi connectivity index (χ1v) is 4.80. The van der Waals surface area contributed by atoms with Crippen LogP contribution in [0.15, 0.2) is 30.5 Å². The fraction of sp³-hybridized carbons (Fsp3) is 0. The summed E-state index contributed by atoms with van der Waals surface area (Å²) in [6.45, 7) is 0. The summed E-state index contributed by atoms with van der Waals surface area (Å²) < 4.78 is 0. The number of rotatable bonds is 2. The number of carboxylic acid groups (broad SMARTS) is 1. The highest BCUT2D eigenvalue weighted by Gasteiger charge is 2.21. The first kappa shape index (κ1) is 10.6. The number of nitrogens with zero attached hydrogens (tertiary/aromatic N) is 1. The van der Waals surface area contributed by atoms with Crippen molar-refractivity contribution in [1.29, 1.82) is 0 Å². The van der Waals surface area contributed by atoms with Gasteiger partial charge in [-0.25, -0.2) is 4.79 Å². The zero-order chi connectivity index (χ0) is 11.7. The van der Waals surface area contributed by atoms with E-state index in [0.29, 0.717) is 10.9 Å². The van der Waals surface area contributed by atoms with E-state index in [0.717, 1.165) is 0 Å². The largest absolute Gasteiger partial charge is 0.475 e. The second-order valence-corrected chi connectivity index (χ2v) is 3.54. The predicted octanol–water partition coefficient (Wildman–Crippen LogP) is 2.16. The van der Waals surface area contributed by atoms with E-state index >= 15 is 0 Å². The van der Waals surface area contributed by atoms with Crippen LogP contribution in [0.4, 0.5) is 0 Å². The van der Waals surface area contributed by atoms with Crippen LogP contribution in [0, 0.1) is 0 Å². The van der Waals surface area contributed by atoms with E-state index in [-0.39, 0.29) is 10.6 Å². The van der Waals surface area contributed by atoms with E-state index < -0.39 is 11.8 Å². The number of aliphatic carboxylic acids is 1. The lowest BCUT2D eigenvalue weighted by Gasteiger charge is -2.04. The topological polar surface area (TPSA) is 67.3 Å². The molecule has 0 atom stereocenters. The van der Waals surface area contributed by atoms with Crippen molar-refractivity contribution in [3.63, 3.8) is 0 Å². The van der Waals surface area contributed by atoms with Crippen molar-refractivity contribution in [2.45, 2.75) is 0 Å². The Kier molecular flexibility index (Phi) is 2.58. The highest BCUT2D eigenvalue weighted by atomic mass is 35.5. The molecule has 0 radical (unpaired) electrons. The van der Waals surface area contributed by atoms with Crippen LogP contribution in [0.1, 0.15) is 10.4 Å². The standard InChI is InChI=1S/C11H6ClNO3/c12-7-4-3-6-2-1-5-13-9(6)8(7)10(14)11(15)16/h1-5H,(H,15,16). The highest BCUT2D eigenvalue weighted by molar-refractivity contribution is 6.47. The van der Waals surface area contributed by atoms with Crippen molar-refractivity contribution < 1.29 is 14.7 Å². The Balaban J connectivity index is 2.80. The Hall–Kier alpha value is -1.94. The molecule has 0 saturated carbocycles. The second-order valence-electron chi connectivity index (χ2n) is 3.13. The van der Waals surface area contributed by atoms with Crippen molar-refractivity contribution in [3.05, 3.63) is 41.0 Å². The first-order chi connectivity index (χ1) is 7.61. The molecular weight excluding hydrogens is 230 g/mol. The summed E-state index contributed by atoms with van der Waals surface area (Å²) in [6.07, 6.45) is 1.48. The lowest BCUT2D eigenvalue weighted by Crippen LogP contribution is -2.14. The quantitative estimate of drug-likeness (QED) is 0.640. The van der Waals surface area contributed by atoms with Gasteiger partial charge in [0, 0.05) is 11.6 Å². The van der Waals surface area contributed by atoms with Crippen LogP contribution in [0.2, 0.25) is 5.02 Å². The van der Waals surface area contributed by atoms with Gasteiger partial charge in [-0.3, -0.25) is 9.78 Å². The van der Waals surface area contributed by atoms with Crippen molar-refractivity contribution in [2.75, 3.05) is 0 Å². The molecule has 0 amide bonds. The summed E-state index contributed by atoms with van der Waals surface area (Å²) in [6, 6.07) is 6.60. The minimum Gasteiger partial charge on any atom is -0.475 e. The minimum absolute atomic E-state index is 0.0627. The number of fused-ring (bicyclic) bond motifs is 1. The third kappa shape index (κ3) is 1.63. The third-order valence-corrected chi connectivity index (χ3v) is 2.46. The lowest BCUT2D eigenvalue weighted by molar-refractivity contribution is -0.131. The van der Waals surface area contributed by atoms with E-state index in [1.165, 1.54) is 12.3 Å². The number of hydrogen-bond acceptors (Lipinski definition) is 3. The van der Waals surface area contributed by atoms with Crippen LogP contribution in [0.25, 0.3) is 10.9 Å². The van der Waals surface area contributed by atoms with Gasteiger partial charge < -0.3 is 5.11 Å². The average Bonchev–Trinajstić information content (AvgIpc) is 2.28. The maximum atomic E-state index is 11.5. The number of ketones is 1. The third-order valence-electron chi connectivity index (χ3n) is 2.15. The van der Waals surface area contributed by atoms with Crippen molar-refractivity contribution in [1.82, 2.24) is 4.98 Å². The van der Waals surface area contributed by atoms with Crippen molar-refractivity contribution in [2.24, 2.45) is 0 Å². The number of benzene rings is 1. The number of hydrogen-bond donors (Lipinski definition) is 1. The molecule has 1 heterocycles. The first-order valence-electron chi connectivity index (χ1n) is 4.42. The van der Waals surface area contributed by atoms with Crippen LogP contribution in [0.3, 0.4) is 0 Å². The fourth-order valence-electron chi connectivity index (χ4n) is 1.44. The van der Waals surface area contributed by atoms with Gasteiger partial charge in [0.25, 0.3) is 5.78 Å². The smallest absolute Gasteiger partial charge is 0.377 e. The summed E-state index contributed by atoms with van der Waals surface area (Å²) in [4.78, 5) is 26.1. The molecule has 0 aliphatic carbocycles. The summed E-state index contributed by atoms with van der Waals surface area (Å²) >= 11 is 5.82. The Labute approximate surface area is 95.5 Å². The van der Waals surface area contributed by atoms with Gasteiger partial charge >= 0.3 is 5.97 Å². The fourth-order valence-corrected chi connectivity index (χ4v) is 1.68. The van der Waals surface area contributed by atoms with E-state index in [1.54, 1.807) is 18.2 Å². The average molecular weight is 236 g/mol. The number of carbonyl (C=O) groups is 2. The van der Waals surface area contributed by atoms with Crippen LogP contribution >= 0.6 is 11.6 Å². The van der Waals surface area contributed by atoms with E-state index in [4.69, 9.17) is 16.7 Å². The maximum Gasteiger partial charge on any atom is 0.377 e. The molecule has 0 aliphatic rings. The minimum atomic E-state index is -1.54. The molecule has 80 valence electrons. The van der Waals surface area contributed by atoms with Crippen molar-refractivity contribution >= 4 is 34.3 Å². The number of pyridine rings is 1. The molecule has 0 unspecified atom stereocenters. The molecule has 2 rings (SSSR count). The molecule has 5 heteroatoms. The SMILES string of the molecule is O=C(O)C(=O)c1c(Cl)ccc2cccnc12. The number of aromatic nitrogens is 1. The van der Waals surface area contributed by atoms with Gasteiger partial charge in [-0.15, -0.1) is 0 Å². The molecule has 1 aromatic heterocycles. The normalized spacial score (nSPS) is 10.3. The van der Waals surface area contributed by atoms with Gasteiger partial charge in [0.05, 0.1) is 16.1 Å². The summed E-state index contributed by atoms with van der Waals surface area (Å²) in [5.41, 5.74) is 0.245. The summed E-state index contributed by atoms with van der Waals surface area (Å²) in [7, 11) is 0. The van der Waals surface area contributed by atoms with E-state index in [9.17, 15) is 9.59 Å². The Morgan fingerprint density at radius 3 is 2.69 bits per heavy atom. The van der Waals surface area contributed by atoms with Crippen LogP contribution in [0.5, 0.6) is 0 Å². The lowest BCUT2D eigenvalue weighted by atomic mass is 10.1. The molecule has 0 aliphatic heterocycles. The van der Waals surface area contributed by atoms with Crippen molar-refractivity contribution in [3.8, 4) is 0 Å². The molecule has 4 nitrogen and oxygen atoms in total. The van der Waals surface area contributed by atoms with Gasteiger partial charge in [0.1, 0.15) is 0 Å². The molecule has 1 N–H and O–H groups in total. The van der Waals surface area contributed by atoms with E-state index in [2.05, 4.69) is 4.98 Å². The summed E-state index contributed by atoms with van der Waals surface area (Å²) in [5, 5.41) is 9.46. The molecular formula is C11H6ClNO3. The van der Waals surface area contributed by atoms with Gasteiger partial charge in [0.15, 0.2) is 0 Å². The Bertz CT molecular complexity index is 595. The maximum absolute atomic E-state index is 11.5. The predicted molar refractivity (Wildman–Crippen MR) is 58.7 cm³/mol. The highest BCUT2D eigenvalue weighted by Crippen LogP contribution is 2.24. The molecule has 0 fully saturated rings. The Morgan fingerprint density at radius 2 is 2.00 bits per heavy atom. The number of carbonyl (C=O) groups excluding carboxylic acids is 1. The van der Waals surface area contributed by atoms with Crippen LogP contribution in [-0.4, -0.2) is 21.8 Å². The molecule has 1 aromatic carbocycles. The molecule has 0 bridgehead atoms. The monoisotopic (exact) mass is 235 g/mol. The van der Waals surface area contributed by atoms with Gasteiger partial charge in [-0.05, 0) is 12.1 Å². The molecule has 16 heavy (non-hydrogen) atoms. The molecule has 2 aromatic rings. The summed E-state index contributed by atoms with van der Waals surface area (Å²) in [5.74, 6) is -2.59. The number of Topliss-reactive ketones (excluding diaryl/α,β-unsaturated/α-hetero) is 1. The van der Waals surface area contributed by atoms with Gasteiger partial charge in [-0.1, -0.05) is 23.7 Å². The number of halogens is 1. The Morgan fingerprint density at radius 1 is 1.25 bits per heavy atom. The van der Waals surface area contributed by atoms with Gasteiger partial charge in [0.2, 0.25) is 0 Å². The number of carboxylic acids is 1. The molecule has 0 spiro atoms. The van der Waals surface area contributed by atoms with Gasteiger partial charge in [-0.2, -0.15) is 0 Å². The van der Waals surface area contributed by atoms with E-state index in [1.807, 2.05) is 0 Å². The van der Waals surface area contributed by atoms with Crippen LogP contribution in [-0.2, 0) is 4.79 Å². The zero-order valence-electron chi connectivity index (χ0n) is 7.98. The zero-order valence-corrected chi connectivity index (χ0v) is 8.73. The van der Waals surface area contributed by atoms with Crippen LogP contribution < -0.4 is 0 Å².